The van der Waals surface area contributed by atoms with Gasteiger partial charge < -0.3 is 14.4 Å². The van der Waals surface area contributed by atoms with Crippen LogP contribution in [0.15, 0.2) is 52.5 Å². The van der Waals surface area contributed by atoms with E-state index in [0.717, 1.165) is 61.2 Å². The maximum Gasteiger partial charge on any atom is 0.355 e. The molecular formula is C28H36N2O4S. The van der Waals surface area contributed by atoms with Crippen LogP contribution >= 0.6 is 11.3 Å². The zero-order valence-electron chi connectivity index (χ0n) is 21.2. The Balaban J connectivity index is 1.80. The second-order valence-electron chi connectivity index (χ2n) is 9.10. The first-order valence-electron chi connectivity index (χ1n) is 12.3. The summed E-state index contributed by atoms with van der Waals surface area (Å²) in [5, 5.41) is 10.1. The Kier molecular flexibility index (Phi) is 8.89. The summed E-state index contributed by atoms with van der Waals surface area (Å²) in [5.74, 6) is 0.941. The third-order valence-corrected chi connectivity index (χ3v) is 7.66. The molecule has 0 unspecified atom stereocenters. The van der Waals surface area contributed by atoms with Gasteiger partial charge in [-0.25, -0.2) is 9.78 Å². The highest BCUT2D eigenvalue weighted by molar-refractivity contribution is 7.11. The van der Waals surface area contributed by atoms with E-state index in [9.17, 15) is 14.7 Å². The normalized spacial score (nSPS) is 15.2. The number of carbonyl (C=O) groups excluding carboxylic acids is 1. The molecule has 0 aromatic carbocycles. The van der Waals surface area contributed by atoms with E-state index in [1.807, 2.05) is 36.1 Å². The lowest BCUT2D eigenvalue weighted by molar-refractivity contribution is -0.136. The first-order valence-corrected chi connectivity index (χ1v) is 13.1. The van der Waals surface area contributed by atoms with Gasteiger partial charge in [0.2, 0.25) is 5.91 Å². The summed E-state index contributed by atoms with van der Waals surface area (Å²) in [6, 6.07) is 4.00. The number of carboxylic acid groups (broad SMARTS) is 1. The molecule has 1 aliphatic carbocycles. The Hall–Kier alpha value is -2.93. The lowest BCUT2D eigenvalue weighted by Gasteiger charge is -2.27. The van der Waals surface area contributed by atoms with Gasteiger partial charge in [0.05, 0.1) is 12.0 Å². The molecule has 7 heteroatoms. The predicted molar refractivity (Wildman–Crippen MR) is 140 cm³/mol. The van der Waals surface area contributed by atoms with E-state index in [1.54, 1.807) is 6.92 Å². The zero-order valence-corrected chi connectivity index (χ0v) is 22.0. The summed E-state index contributed by atoms with van der Waals surface area (Å²) >= 11 is 1.34. The lowest BCUT2D eigenvalue weighted by Crippen LogP contribution is -2.38. The van der Waals surface area contributed by atoms with Crippen LogP contribution in [0.3, 0.4) is 0 Å². The molecule has 2 heterocycles. The second kappa shape index (κ2) is 11.7. The molecule has 2 aromatic heterocycles. The fourth-order valence-electron chi connectivity index (χ4n) is 4.25. The minimum absolute atomic E-state index is 0.0685. The van der Waals surface area contributed by atoms with Gasteiger partial charge in [-0.1, -0.05) is 44.2 Å². The molecular weight excluding hydrogens is 460 g/mol. The average molecular weight is 497 g/mol. The number of furan rings is 1. The number of aromatic carboxylic acids is 1. The summed E-state index contributed by atoms with van der Waals surface area (Å²) in [6.45, 7) is 12.7. The molecule has 0 atom stereocenters. The van der Waals surface area contributed by atoms with E-state index in [4.69, 9.17) is 4.42 Å². The first-order chi connectivity index (χ1) is 16.7. The fraction of sp³-hybridized carbons (Fsp3) is 0.464. The number of amides is 1. The summed E-state index contributed by atoms with van der Waals surface area (Å²) in [4.78, 5) is 32.2. The smallest absolute Gasteiger partial charge is 0.355 e. The highest BCUT2D eigenvalue weighted by atomic mass is 32.1. The van der Waals surface area contributed by atoms with Gasteiger partial charge in [-0.2, -0.15) is 0 Å². The number of aromatic nitrogens is 1. The molecule has 1 N–H and O–H groups in total. The Labute approximate surface area is 212 Å². The Morgan fingerprint density at radius 3 is 2.51 bits per heavy atom. The van der Waals surface area contributed by atoms with Crippen LogP contribution in [0.25, 0.3) is 0 Å². The number of carboxylic acids is 1. The Bertz CT molecular complexity index is 1130. The van der Waals surface area contributed by atoms with E-state index in [1.165, 1.54) is 11.3 Å². The van der Waals surface area contributed by atoms with Gasteiger partial charge in [0.25, 0.3) is 0 Å². The largest absolute Gasteiger partial charge is 0.476 e. The molecule has 0 saturated heterocycles. The van der Waals surface area contributed by atoms with Crippen molar-refractivity contribution in [2.24, 2.45) is 5.41 Å². The van der Waals surface area contributed by atoms with Crippen molar-refractivity contribution in [3.05, 3.63) is 75.2 Å². The quantitative estimate of drug-likeness (QED) is 0.319. The van der Waals surface area contributed by atoms with E-state index < -0.39 is 11.4 Å². The second-order valence-corrected chi connectivity index (χ2v) is 10.4. The maximum atomic E-state index is 13.9. The third-order valence-electron chi connectivity index (χ3n) is 6.71. The molecule has 0 bridgehead atoms. The fourth-order valence-corrected chi connectivity index (χ4v) is 5.19. The van der Waals surface area contributed by atoms with Crippen LogP contribution < -0.4 is 0 Å². The van der Waals surface area contributed by atoms with Gasteiger partial charge in [0.1, 0.15) is 16.5 Å². The van der Waals surface area contributed by atoms with E-state index in [2.05, 4.69) is 31.5 Å². The number of hydrogen-bond acceptors (Lipinski definition) is 5. The van der Waals surface area contributed by atoms with Gasteiger partial charge >= 0.3 is 5.97 Å². The molecule has 188 valence electrons. The van der Waals surface area contributed by atoms with Crippen LogP contribution in [-0.2, 0) is 24.2 Å². The first kappa shape index (κ1) is 26.7. The SMILES string of the molecule is C=C/C(=C\C=C(/C)C1(C(=O)N(CCCc2ccc(CC)o2)Cc2nc(C(=O)O)c(C)s2)CC1)CC. The number of nitrogens with zero attached hydrogens (tertiary/aromatic N) is 2. The van der Waals surface area contributed by atoms with Crippen molar-refractivity contribution in [3.8, 4) is 0 Å². The molecule has 0 aliphatic heterocycles. The number of allylic oxidation sites excluding steroid dienone is 4. The van der Waals surface area contributed by atoms with Gasteiger partial charge in [-0.3, -0.25) is 4.79 Å². The van der Waals surface area contributed by atoms with E-state index in [-0.39, 0.29) is 11.6 Å². The highest BCUT2D eigenvalue weighted by Crippen LogP contribution is 2.53. The summed E-state index contributed by atoms with van der Waals surface area (Å²) < 4.78 is 5.83. The van der Waals surface area contributed by atoms with Crippen molar-refractivity contribution in [2.75, 3.05) is 6.54 Å². The van der Waals surface area contributed by atoms with E-state index >= 15 is 0 Å². The predicted octanol–water partition coefficient (Wildman–Crippen LogP) is 6.52. The zero-order chi connectivity index (χ0) is 25.6. The van der Waals surface area contributed by atoms with Gasteiger partial charge in [-0.05, 0) is 57.2 Å². The molecule has 1 amide bonds. The van der Waals surface area contributed by atoms with Crippen LogP contribution in [0.4, 0.5) is 0 Å². The minimum atomic E-state index is -1.04. The van der Waals surface area contributed by atoms with Crippen molar-refractivity contribution in [2.45, 2.75) is 72.8 Å². The number of hydrogen-bond donors (Lipinski definition) is 1. The highest BCUT2D eigenvalue weighted by Gasteiger charge is 2.52. The molecule has 35 heavy (non-hydrogen) atoms. The maximum absolute atomic E-state index is 13.9. The minimum Gasteiger partial charge on any atom is -0.476 e. The molecule has 0 radical (unpaired) electrons. The van der Waals surface area contributed by atoms with Crippen molar-refractivity contribution < 1.29 is 19.1 Å². The van der Waals surface area contributed by atoms with Crippen LogP contribution in [0.2, 0.25) is 0 Å². The monoisotopic (exact) mass is 496 g/mol. The summed E-state index contributed by atoms with van der Waals surface area (Å²) in [7, 11) is 0. The number of rotatable bonds is 13. The van der Waals surface area contributed by atoms with Crippen LogP contribution in [0.1, 0.15) is 78.3 Å². The molecule has 1 aliphatic rings. The Morgan fingerprint density at radius 1 is 1.26 bits per heavy atom. The topological polar surface area (TPSA) is 83.6 Å². The third kappa shape index (κ3) is 6.40. The molecule has 2 aromatic rings. The molecule has 1 fully saturated rings. The lowest BCUT2D eigenvalue weighted by atomic mass is 9.94. The van der Waals surface area contributed by atoms with Gasteiger partial charge in [0, 0.05) is 24.3 Å². The van der Waals surface area contributed by atoms with Crippen LogP contribution in [0, 0.1) is 12.3 Å². The molecule has 0 spiro atoms. The van der Waals surface area contributed by atoms with Crippen molar-refractivity contribution in [3.63, 3.8) is 0 Å². The van der Waals surface area contributed by atoms with Crippen molar-refractivity contribution >= 4 is 23.2 Å². The van der Waals surface area contributed by atoms with Crippen molar-refractivity contribution in [1.82, 2.24) is 9.88 Å². The average Bonchev–Trinajstić information content (AvgIpc) is 3.38. The number of thiazole rings is 1. The summed E-state index contributed by atoms with van der Waals surface area (Å²) in [6.07, 6.45) is 10.8. The molecule has 3 rings (SSSR count). The summed E-state index contributed by atoms with van der Waals surface area (Å²) in [5.41, 5.74) is 1.77. The number of aryl methyl sites for hydroxylation is 3. The van der Waals surface area contributed by atoms with Crippen LogP contribution in [-0.4, -0.2) is 33.4 Å². The number of carbonyl (C=O) groups is 2. The van der Waals surface area contributed by atoms with Crippen LogP contribution in [0.5, 0.6) is 0 Å². The molecule has 1 saturated carbocycles. The van der Waals surface area contributed by atoms with Gasteiger partial charge in [-0.15, -0.1) is 11.3 Å². The van der Waals surface area contributed by atoms with Gasteiger partial charge in [0.15, 0.2) is 5.69 Å². The van der Waals surface area contributed by atoms with E-state index in [0.29, 0.717) is 23.0 Å². The van der Waals surface area contributed by atoms with Crippen molar-refractivity contribution in [1.29, 1.82) is 0 Å². The Morgan fingerprint density at radius 2 is 1.97 bits per heavy atom. The standard InChI is InChI=1S/C28H36N2O4S/c1-6-21(7-2)12-11-19(4)28(15-16-28)27(33)30(17-9-10-23-14-13-22(8-3)34-23)18-24-29-25(26(31)32)20(5)35-24/h6,11-14H,1,7-10,15-18H2,2-5H3,(H,31,32)/b19-11+,21-12+. The molecule has 6 nitrogen and oxygen atoms in total.